The Bertz CT molecular complexity index is 523. The van der Waals surface area contributed by atoms with E-state index in [0.29, 0.717) is 29.9 Å². The molecule has 2 N–H and O–H groups in total. The first-order valence-corrected chi connectivity index (χ1v) is 7.92. The van der Waals surface area contributed by atoms with Crippen molar-refractivity contribution in [1.82, 2.24) is 10.2 Å². The average Bonchev–Trinajstić information content (AvgIpc) is 3.00. The van der Waals surface area contributed by atoms with Gasteiger partial charge < -0.3 is 10.4 Å². The monoisotopic (exact) mass is 308 g/mol. The second kappa shape index (κ2) is 6.34. The average molecular weight is 309 g/mol. The van der Waals surface area contributed by atoms with Gasteiger partial charge in [-0.2, -0.15) is 0 Å². The Morgan fingerprint density at radius 1 is 1.33 bits per heavy atom. The summed E-state index contributed by atoms with van der Waals surface area (Å²) in [5.41, 5.74) is 0.932. The normalized spacial score (nSPS) is 28.6. The van der Waals surface area contributed by atoms with Crippen LogP contribution in [0.5, 0.6) is 0 Å². The molecule has 1 amide bonds. The van der Waals surface area contributed by atoms with Crippen molar-refractivity contribution < 1.29 is 9.90 Å². The predicted octanol–water partition coefficient (Wildman–Crippen LogP) is 1.66. The minimum Gasteiger partial charge on any atom is -0.393 e. The van der Waals surface area contributed by atoms with E-state index in [4.69, 9.17) is 11.6 Å². The zero-order valence-corrected chi connectivity index (χ0v) is 12.7. The van der Waals surface area contributed by atoms with Crippen LogP contribution in [0, 0.1) is 11.8 Å². The number of carbonyl (C=O) groups excluding carboxylic acids is 1. The van der Waals surface area contributed by atoms with Gasteiger partial charge in [-0.25, -0.2) is 0 Å². The number of benzene rings is 1. The molecule has 0 bridgehead atoms. The Balaban J connectivity index is 1.46. The van der Waals surface area contributed by atoms with Crippen molar-refractivity contribution in [2.24, 2.45) is 11.8 Å². The quantitative estimate of drug-likeness (QED) is 0.889. The van der Waals surface area contributed by atoms with E-state index in [2.05, 4.69) is 10.2 Å². The number of rotatable bonds is 4. The molecule has 1 saturated carbocycles. The summed E-state index contributed by atoms with van der Waals surface area (Å²) in [6, 6.07) is 7.53. The maximum Gasteiger partial charge on any atom is 0.234 e. The standard InChI is InChI=1S/C16H21ClN2O2/c17-14-4-2-1-3-11(14)7-18-16(21)10-19-8-12-5-6-15(20)13(12)9-19/h1-4,12-13,15,20H,5-10H2,(H,18,21). The van der Waals surface area contributed by atoms with Gasteiger partial charge in [-0.05, 0) is 30.4 Å². The van der Waals surface area contributed by atoms with E-state index in [1.54, 1.807) is 0 Å². The fourth-order valence-electron chi connectivity index (χ4n) is 3.55. The number of amides is 1. The van der Waals surface area contributed by atoms with Crippen molar-refractivity contribution in [2.45, 2.75) is 25.5 Å². The van der Waals surface area contributed by atoms with E-state index < -0.39 is 0 Å². The van der Waals surface area contributed by atoms with Crippen LogP contribution in [-0.2, 0) is 11.3 Å². The molecule has 1 aliphatic carbocycles. The second-order valence-electron chi connectivity index (χ2n) is 6.13. The molecule has 3 rings (SSSR count). The van der Waals surface area contributed by atoms with Crippen LogP contribution in [0.15, 0.2) is 24.3 Å². The minimum absolute atomic E-state index is 0.0179. The van der Waals surface area contributed by atoms with Crippen LogP contribution in [0.3, 0.4) is 0 Å². The third-order valence-corrected chi connectivity index (χ3v) is 5.06. The van der Waals surface area contributed by atoms with Crippen molar-refractivity contribution >= 4 is 17.5 Å². The van der Waals surface area contributed by atoms with Crippen LogP contribution < -0.4 is 5.32 Å². The number of likely N-dealkylation sites (tertiary alicyclic amines) is 1. The van der Waals surface area contributed by atoms with E-state index in [1.807, 2.05) is 24.3 Å². The topological polar surface area (TPSA) is 52.6 Å². The highest BCUT2D eigenvalue weighted by molar-refractivity contribution is 6.31. The van der Waals surface area contributed by atoms with Gasteiger partial charge in [0, 0.05) is 30.6 Å². The summed E-state index contributed by atoms with van der Waals surface area (Å²) in [6.45, 7) is 2.64. The summed E-state index contributed by atoms with van der Waals surface area (Å²) < 4.78 is 0. The number of nitrogens with one attached hydrogen (secondary N) is 1. The molecule has 0 radical (unpaired) electrons. The van der Waals surface area contributed by atoms with E-state index in [9.17, 15) is 9.90 Å². The van der Waals surface area contributed by atoms with Crippen LogP contribution in [0.1, 0.15) is 18.4 Å². The lowest BCUT2D eigenvalue weighted by molar-refractivity contribution is -0.122. The van der Waals surface area contributed by atoms with Crippen molar-refractivity contribution in [3.63, 3.8) is 0 Å². The summed E-state index contributed by atoms with van der Waals surface area (Å²) in [4.78, 5) is 14.2. The third-order valence-electron chi connectivity index (χ3n) is 4.70. The molecule has 1 saturated heterocycles. The Kier molecular flexibility index (Phi) is 4.48. The molecule has 1 heterocycles. The number of fused-ring (bicyclic) bond motifs is 1. The number of nitrogens with zero attached hydrogens (tertiary/aromatic N) is 1. The highest BCUT2D eigenvalue weighted by Gasteiger charge is 2.41. The maximum absolute atomic E-state index is 12.0. The summed E-state index contributed by atoms with van der Waals surface area (Å²) in [7, 11) is 0. The molecule has 1 aliphatic heterocycles. The number of hydrogen-bond donors (Lipinski definition) is 2. The molecule has 4 nitrogen and oxygen atoms in total. The first-order chi connectivity index (χ1) is 10.1. The summed E-state index contributed by atoms with van der Waals surface area (Å²) >= 11 is 6.07. The second-order valence-corrected chi connectivity index (χ2v) is 6.54. The predicted molar refractivity (Wildman–Crippen MR) is 82.0 cm³/mol. The van der Waals surface area contributed by atoms with Crippen molar-refractivity contribution in [3.05, 3.63) is 34.9 Å². The minimum atomic E-state index is -0.175. The molecule has 5 heteroatoms. The Hall–Kier alpha value is -1.10. The fraction of sp³-hybridized carbons (Fsp3) is 0.562. The maximum atomic E-state index is 12.0. The van der Waals surface area contributed by atoms with Gasteiger partial charge in [-0.15, -0.1) is 0 Å². The SMILES string of the molecule is O=C(CN1CC2CCC(O)C2C1)NCc1ccccc1Cl. The van der Waals surface area contributed by atoms with Gasteiger partial charge in [-0.1, -0.05) is 29.8 Å². The lowest BCUT2D eigenvalue weighted by atomic mass is 10.00. The highest BCUT2D eigenvalue weighted by atomic mass is 35.5. The number of aliphatic hydroxyl groups excluding tert-OH is 1. The first kappa shape index (κ1) is 14.8. The lowest BCUT2D eigenvalue weighted by Gasteiger charge is -2.17. The van der Waals surface area contributed by atoms with Crippen molar-refractivity contribution in [3.8, 4) is 0 Å². The molecule has 0 aromatic heterocycles. The van der Waals surface area contributed by atoms with E-state index in [1.165, 1.54) is 0 Å². The smallest absolute Gasteiger partial charge is 0.234 e. The molecule has 2 aliphatic rings. The molecule has 3 atom stereocenters. The van der Waals surface area contributed by atoms with Crippen LogP contribution in [-0.4, -0.2) is 41.7 Å². The van der Waals surface area contributed by atoms with Crippen LogP contribution in [0.2, 0.25) is 5.02 Å². The van der Waals surface area contributed by atoms with E-state index >= 15 is 0 Å². The molecule has 2 fully saturated rings. The number of carbonyl (C=O) groups is 1. The Morgan fingerprint density at radius 2 is 2.14 bits per heavy atom. The van der Waals surface area contributed by atoms with E-state index in [0.717, 1.165) is 31.5 Å². The summed E-state index contributed by atoms with van der Waals surface area (Å²) in [5, 5.41) is 13.5. The largest absolute Gasteiger partial charge is 0.393 e. The van der Waals surface area contributed by atoms with Crippen LogP contribution in [0.4, 0.5) is 0 Å². The highest BCUT2D eigenvalue weighted by Crippen LogP contribution is 2.37. The molecule has 1 aromatic rings. The Labute approximate surface area is 130 Å². The summed E-state index contributed by atoms with van der Waals surface area (Å²) in [5.74, 6) is 0.946. The van der Waals surface area contributed by atoms with Crippen LogP contribution in [0.25, 0.3) is 0 Å². The molecule has 3 unspecified atom stereocenters. The van der Waals surface area contributed by atoms with Gasteiger partial charge >= 0.3 is 0 Å². The first-order valence-electron chi connectivity index (χ1n) is 7.54. The van der Waals surface area contributed by atoms with Gasteiger partial charge in [0.2, 0.25) is 5.91 Å². The number of halogens is 1. The fourth-order valence-corrected chi connectivity index (χ4v) is 3.76. The molecule has 1 aromatic carbocycles. The van der Waals surface area contributed by atoms with Gasteiger partial charge in [0.05, 0.1) is 12.6 Å². The molecule has 21 heavy (non-hydrogen) atoms. The van der Waals surface area contributed by atoms with Gasteiger partial charge in [0.25, 0.3) is 0 Å². The molecular weight excluding hydrogens is 288 g/mol. The zero-order valence-electron chi connectivity index (χ0n) is 12.0. The summed E-state index contributed by atoms with van der Waals surface area (Å²) in [6.07, 6.45) is 1.83. The molecule has 0 spiro atoms. The number of hydrogen-bond acceptors (Lipinski definition) is 3. The molecular formula is C16H21ClN2O2. The Morgan fingerprint density at radius 3 is 2.90 bits per heavy atom. The van der Waals surface area contributed by atoms with Gasteiger partial charge in [-0.3, -0.25) is 9.69 Å². The van der Waals surface area contributed by atoms with Crippen LogP contribution >= 0.6 is 11.6 Å². The van der Waals surface area contributed by atoms with Crippen molar-refractivity contribution in [2.75, 3.05) is 19.6 Å². The van der Waals surface area contributed by atoms with Gasteiger partial charge in [0.1, 0.15) is 0 Å². The third kappa shape index (κ3) is 3.39. The van der Waals surface area contributed by atoms with Gasteiger partial charge in [0.15, 0.2) is 0 Å². The number of aliphatic hydroxyl groups is 1. The zero-order chi connectivity index (χ0) is 14.8. The van der Waals surface area contributed by atoms with Crippen molar-refractivity contribution in [1.29, 1.82) is 0 Å². The lowest BCUT2D eigenvalue weighted by Crippen LogP contribution is -2.36. The van der Waals surface area contributed by atoms with E-state index in [-0.39, 0.29) is 12.0 Å². The molecule has 114 valence electrons.